The SMILES string of the molecule is Cc1cnc(C(=O)NC(C)CCO)cn1. The number of aliphatic hydroxyl groups is 1. The predicted octanol–water partition coefficient (Wildman–Crippen LogP) is 0.286. The van der Waals surface area contributed by atoms with E-state index in [1.54, 1.807) is 6.20 Å². The molecule has 0 aromatic carbocycles. The van der Waals surface area contributed by atoms with Gasteiger partial charge in [0.05, 0.1) is 11.9 Å². The standard InChI is InChI=1S/C10H15N3O2/c1-7(3-4-14)13-10(15)9-6-11-8(2)5-12-9/h5-7,14H,3-4H2,1-2H3,(H,13,15). The van der Waals surface area contributed by atoms with Crippen LogP contribution in [0, 0.1) is 6.92 Å². The van der Waals surface area contributed by atoms with Crippen LogP contribution in [-0.2, 0) is 0 Å². The summed E-state index contributed by atoms with van der Waals surface area (Å²) >= 11 is 0. The number of rotatable bonds is 4. The van der Waals surface area contributed by atoms with Crippen LogP contribution < -0.4 is 5.32 Å². The van der Waals surface area contributed by atoms with Crippen molar-refractivity contribution < 1.29 is 9.90 Å². The van der Waals surface area contributed by atoms with Crippen LogP contribution in [0.2, 0.25) is 0 Å². The van der Waals surface area contributed by atoms with Gasteiger partial charge in [0, 0.05) is 18.8 Å². The van der Waals surface area contributed by atoms with E-state index in [-0.39, 0.29) is 18.6 Å². The number of hydrogen-bond acceptors (Lipinski definition) is 4. The number of carbonyl (C=O) groups is 1. The molecule has 0 radical (unpaired) electrons. The molecule has 0 saturated carbocycles. The van der Waals surface area contributed by atoms with E-state index in [0.717, 1.165) is 5.69 Å². The van der Waals surface area contributed by atoms with Crippen molar-refractivity contribution in [1.29, 1.82) is 0 Å². The highest BCUT2D eigenvalue weighted by molar-refractivity contribution is 5.92. The van der Waals surface area contributed by atoms with E-state index in [1.165, 1.54) is 6.20 Å². The number of hydrogen-bond donors (Lipinski definition) is 2. The molecule has 1 atom stereocenters. The number of carbonyl (C=O) groups excluding carboxylic acids is 1. The van der Waals surface area contributed by atoms with Crippen molar-refractivity contribution in [3.8, 4) is 0 Å². The summed E-state index contributed by atoms with van der Waals surface area (Å²) < 4.78 is 0. The molecule has 0 bridgehead atoms. The van der Waals surface area contributed by atoms with Gasteiger partial charge in [-0.2, -0.15) is 0 Å². The first-order valence-electron chi connectivity index (χ1n) is 4.84. The lowest BCUT2D eigenvalue weighted by Crippen LogP contribution is -2.33. The molecule has 2 N–H and O–H groups in total. The molecule has 5 nitrogen and oxygen atoms in total. The highest BCUT2D eigenvalue weighted by Gasteiger charge is 2.10. The van der Waals surface area contributed by atoms with Crippen molar-refractivity contribution in [2.45, 2.75) is 26.3 Å². The Labute approximate surface area is 88.6 Å². The largest absolute Gasteiger partial charge is 0.396 e. The van der Waals surface area contributed by atoms with Crippen molar-refractivity contribution in [2.24, 2.45) is 0 Å². The summed E-state index contributed by atoms with van der Waals surface area (Å²) in [6.07, 6.45) is 3.52. The van der Waals surface area contributed by atoms with Gasteiger partial charge in [-0.05, 0) is 20.3 Å². The van der Waals surface area contributed by atoms with E-state index < -0.39 is 0 Å². The third kappa shape index (κ3) is 3.63. The van der Waals surface area contributed by atoms with Crippen LogP contribution in [0.15, 0.2) is 12.4 Å². The molecule has 0 saturated heterocycles. The summed E-state index contributed by atoms with van der Waals surface area (Å²) in [5, 5.41) is 11.4. The Morgan fingerprint density at radius 2 is 2.27 bits per heavy atom. The Balaban J connectivity index is 2.57. The van der Waals surface area contributed by atoms with Crippen LogP contribution in [0.4, 0.5) is 0 Å². The Morgan fingerprint density at radius 1 is 1.53 bits per heavy atom. The molecule has 0 aliphatic heterocycles. The second-order valence-electron chi connectivity index (χ2n) is 3.43. The molecular weight excluding hydrogens is 194 g/mol. The molecule has 15 heavy (non-hydrogen) atoms. The fourth-order valence-electron chi connectivity index (χ4n) is 1.07. The first-order chi connectivity index (χ1) is 7.13. The molecule has 0 aliphatic carbocycles. The van der Waals surface area contributed by atoms with Gasteiger partial charge < -0.3 is 10.4 Å². The monoisotopic (exact) mass is 209 g/mol. The second kappa shape index (κ2) is 5.41. The minimum absolute atomic E-state index is 0.0566. The van der Waals surface area contributed by atoms with Crippen LogP contribution >= 0.6 is 0 Å². The zero-order chi connectivity index (χ0) is 11.3. The van der Waals surface area contributed by atoms with E-state index in [9.17, 15) is 4.79 Å². The quantitative estimate of drug-likeness (QED) is 0.747. The van der Waals surface area contributed by atoms with Crippen LogP contribution in [0.5, 0.6) is 0 Å². The number of aliphatic hydroxyl groups excluding tert-OH is 1. The highest BCUT2D eigenvalue weighted by atomic mass is 16.3. The molecule has 0 spiro atoms. The van der Waals surface area contributed by atoms with Gasteiger partial charge in [0.25, 0.3) is 5.91 Å². The zero-order valence-electron chi connectivity index (χ0n) is 8.90. The van der Waals surface area contributed by atoms with Gasteiger partial charge in [-0.25, -0.2) is 4.98 Å². The molecule has 1 aromatic rings. The van der Waals surface area contributed by atoms with E-state index in [0.29, 0.717) is 12.1 Å². The average Bonchev–Trinajstić information content (AvgIpc) is 2.18. The molecule has 0 fully saturated rings. The summed E-state index contributed by atoms with van der Waals surface area (Å²) in [5.74, 6) is -0.261. The summed E-state index contributed by atoms with van der Waals surface area (Å²) in [6.45, 7) is 3.69. The van der Waals surface area contributed by atoms with Gasteiger partial charge in [-0.15, -0.1) is 0 Å². The maximum atomic E-state index is 11.5. The molecule has 1 rings (SSSR count). The Hall–Kier alpha value is -1.49. The van der Waals surface area contributed by atoms with Crippen LogP contribution in [0.25, 0.3) is 0 Å². The second-order valence-corrected chi connectivity index (χ2v) is 3.43. The van der Waals surface area contributed by atoms with Crippen molar-refractivity contribution in [1.82, 2.24) is 15.3 Å². The maximum Gasteiger partial charge on any atom is 0.271 e. The lowest BCUT2D eigenvalue weighted by molar-refractivity contribution is 0.0929. The minimum atomic E-state index is -0.261. The number of nitrogens with one attached hydrogen (secondary N) is 1. The van der Waals surface area contributed by atoms with Crippen molar-refractivity contribution in [3.05, 3.63) is 23.8 Å². The molecule has 5 heteroatoms. The van der Waals surface area contributed by atoms with Gasteiger partial charge in [-0.3, -0.25) is 9.78 Å². The first kappa shape index (κ1) is 11.6. The summed E-state index contributed by atoms with van der Waals surface area (Å²) in [7, 11) is 0. The zero-order valence-corrected chi connectivity index (χ0v) is 8.90. The number of aryl methyl sites for hydroxylation is 1. The van der Waals surface area contributed by atoms with Gasteiger partial charge in [-0.1, -0.05) is 0 Å². The third-order valence-electron chi connectivity index (χ3n) is 1.95. The average molecular weight is 209 g/mol. The summed E-state index contributed by atoms with van der Waals surface area (Å²) in [6, 6.07) is -0.0643. The Kier molecular flexibility index (Phi) is 4.17. The van der Waals surface area contributed by atoms with Crippen LogP contribution in [0.3, 0.4) is 0 Å². The highest BCUT2D eigenvalue weighted by Crippen LogP contribution is 1.96. The topological polar surface area (TPSA) is 75.1 Å². The van der Waals surface area contributed by atoms with Crippen LogP contribution in [-0.4, -0.2) is 33.6 Å². The van der Waals surface area contributed by atoms with E-state index in [4.69, 9.17) is 5.11 Å². The normalized spacial score (nSPS) is 12.2. The predicted molar refractivity (Wildman–Crippen MR) is 55.4 cm³/mol. The Morgan fingerprint density at radius 3 is 2.80 bits per heavy atom. The smallest absolute Gasteiger partial charge is 0.271 e. The van der Waals surface area contributed by atoms with Crippen LogP contribution in [0.1, 0.15) is 29.5 Å². The van der Waals surface area contributed by atoms with Crippen molar-refractivity contribution >= 4 is 5.91 Å². The molecule has 1 heterocycles. The van der Waals surface area contributed by atoms with Crippen molar-refractivity contribution in [2.75, 3.05) is 6.61 Å². The van der Waals surface area contributed by atoms with E-state index in [1.807, 2.05) is 13.8 Å². The lowest BCUT2D eigenvalue weighted by atomic mass is 10.2. The van der Waals surface area contributed by atoms with Gasteiger partial charge in [0.15, 0.2) is 0 Å². The Bertz CT molecular complexity index is 324. The number of nitrogens with zero attached hydrogens (tertiary/aromatic N) is 2. The fraction of sp³-hybridized carbons (Fsp3) is 0.500. The van der Waals surface area contributed by atoms with E-state index >= 15 is 0 Å². The van der Waals surface area contributed by atoms with Gasteiger partial charge in [0.2, 0.25) is 0 Å². The summed E-state index contributed by atoms with van der Waals surface area (Å²) in [4.78, 5) is 19.5. The first-order valence-corrected chi connectivity index (χ1v) is 4.84. The third-order valence-corrected chi connectivity index (χ3v) is 1.95. The molecule has 1 unspecified atom stereocenters. The number of aromatic nitrogens is 2. The molecule has 0 aliphatic rings. The molecule has 1 aromatic heterocycles. The fourth-order valence-corrected chi connectivity index (χ4v) is 1.07. The minimum Gasteiger partial charge on any atom is -0.396 e. The van der Waals surface area contributed by atoms with Crippen molar-refractivity contribution in [3.63, 3.8) is 0 Å². The number of amides is 1. The van der Waals surface area contributed by atoms with Gasteiger partial charge >= 0.3 is 0 Å². The van der Waals surface area contributed by atoms with Gasteiger partial charge in [0.1, 0.15) is 5.69 Å². The lowest BCUT2D eigenvalue weighted by Gasteiger charge is -2.11. The van der Waals surface area contributed by atoms with E-state index in [2.05, 4.69) is 15.3 Å². The summed E-state index contributed by atoms with van der Waals surface area (Å²) in [5.41, 5.74) is 1.07. The molecular formula is C10H15N3O2. The molecule has 1 amide bonds. The maximum absolute atomic E-state index is 11.5. The molecule has 82 valence electrons.